The van der Waals surface area contributed by atoms with E-state index < -0.39 is 153 Å². The van der Waals surface area contributed by atoms with Crippen molar-refractivity contribution in [2.75, 3.05) is 33.4 Å². The number of carbonyl (C=O) groups is 9. The van der Waals surface area contributed by atoms with Gasteiger partial charge in [0.15, 0.2) is 6.04 Å². The topological polar surface area (TPSA) is 374 Å². The molecule has 1 aromatic carbocycles. The highest BCUT2D eigenvalue weighted by molar-refractivity contribution is 7.89. The summed E-state index contributed by atoms with van der Waals surface area (Å²) in [6.45, 7) is 41.2. The zero-order chi connectivity index (χ0) is 73.1. The molecule has 0 unspecified atom stereocenters. The highest BCUT2D eigenvalue weighted by Gasteiger charge is 2.39. The lowest BCUT2D eigenvalue weighted by molar-refractivity contribution is -0.149. The number of ether oxygens (including phenoxy) is 5. The summed E-state index contributed by atoms with van der Waals surface area (Å²) in [5.74, 6) is -7.59. The first kappa shape index (κ1) is 84.3. The average molecular weight is 1370 g/mol. The molecule has 95 heavy (non-hydrogen) atoms. The summed E-state index contributed by atoms with van der Waals surface area (Å²) >= 11 is 0. The van der Waals surface area contributed by atoms with Gasteiger partial charge in [-0.1, -0.05) is 68.4 Å². The van der Waals surface area contributed by atoms with Crippen LogP contribution >= 0.6 is 0 Å². The quantitative estimate of drug-likeness (QED) is 0.0320. The molecule has 0 saturated carbocycles. The number of hydrogen-bond acceptors (Lipinski definition) is 18. The molecule has 8 amide bonds. The standard InChI is InChI=1S/C67H116N10O17S/c1-25-39(8)51(60(84)72-46(31-36(2)3)56(80)69-33-50(78)70-48(34-91-64(13,14)15)59(83)74-49(62(86)90-24)35-92-65(16,17)18)75-57(81)45(71-58(82)47(32-37(4)5)73-61(85)52(53(79)38(6)7)76-63(87)94-66(19,20)21)27-26-30-68-43(12)77-95(88,89)55-41(10)40(9)54-44(42(55)11)28-29-67(22,23)93-54/h36-39,45-49,51-53,68,77,79H,12,25-35H2,1-11,13-24H3,(H,69,80)(H,70,78)(H,71,82)(H,72,84)(H,73,85)(H,74,83)(H,75,81)(H,76,87)/t39-,45+,46-,47-,48-,49-,51-,52-,53+/m0/s1. The van der Waals surface area contributed by atoms with Crippen LogP contribution in [-0.2, 0) is 73.7 Å². The third-order valence-electron chi connectivity index (χ3n) is 15.5. The van der Waals surface area contributed by atoms with Gasteiger partial charge in [-0.15, -0.1) is 0 Å². The molecule has 1 aliphatic heterocycles. The summed E-state index contributed by atoms with van der Waals surface area (Å²) in [5.41, 5.74) is -0.271. The van der Waals surface area contributed by atoms with Gasteiger partial charge in [0.05, 0.1) is 49.1 Å². The first-order valence-electron chi connectivity index (χ1n) is 32.9. The monoisotopic (exact) mass is 1360 g/mol. The third kappa shape index (κ3) is 28.8. The maximum absolute atomic E-state index is 14.9. The van der Waals surface area contributed by atoms with Crippen molar-refractivity contribution in [2.45, 2.75) is 273 Å². The molecule has 1 aromatic rings. The molecule has 0 bridgehead atoms. The Morgan fingerprint density at radius 1 is 0.621 bits per heavy atom. The van der Waals surface area contributed by atoms with Crippen molar-refractivity contribution < 1.29 is 80.4 Å². The van der Waals surface area contributed by atoms with Crippen molar-refractivity contribution in [3.05, 3.63) is 34.7 Å². The number of nitrogens with one attached hydrogen (secondary N) is 10. The number of amides is 8. The number of aliphatic hydroxyl groups excluding tert-OH is 1. The van der Waals surface area contributed by atoms with Crippen LogP contribution < -0.4 is 57.3 Å². The number of aliphatic hydroxyl groups is 1. The van der Waals surface area contributed by atoms with Crippen molar-refractivity contribution in [3.63, 3.8) is 0 Å². The number of carbonyl (C=O) groups excluding carboxylic acids is 9. The second-order valence-corrected chi connectivity index (χ2v) is 31.1. The number of sulfonamides is 1. The second-order valence-electron chi connectivity index (χ2n) is 29.5. The molecule has 0 spiro atoms. The Kier molecular flexibility index (Phi) is 32.4. The SMILES string of the molecule is C=C(NCCC[C@@H](NC(=O)[C@H](CC(C)C)NC(=O)[C@@H](NC(=O)OC(C)(C)C)[C@H](O)C(C)C)C(=O)N[C@H](C(=O)N[C@@H](CC(C)C)C(=O)NCC(=O)N[C@@H](COC(C)(C)C)C(=O)N[C@@H](COC(C)(C)C)C(=O)OC)[C@@H](C)CC)NS(=O)(=O)c1c(C)c(C)c2c(c1C)CCC(C)(C)O2. The van der Waals surface area contributed by atoms with E-state index in [0.717, 1.165) is 12.7 Å². The molecule has 9 atom stereocenters. The van der Waals surface area contributed by atoms with Crippen LogP contribution in [-0.4, -0.2) is 171 Å². The average Bonchev–Trinajstić information content (AvgIpc) is 0.747. The third-order valence-corrected chi connectivity index (χ3v) is 17.2. The number of rotatable bonds is 36. The van der Waals surface area contributed by atoms with E-state index in [1.165, 1.54) is 0 Å². The number of hydrogen-bond donors (Lipinski definition) is 11. The molecule has 0 aliphatic carbocycles. The van der Waals surface area contributed by atoms with Gasteiger partial charge < -0.3 is 76.6 Å². The molecule has 2 rings (SSSR count). The molecule has 1 aliphatic rings. The Morgan fingerprint density at radius 2 is 1.12 bits per heavy atom. The van der Waals surface area contributed by atoms with Gasteiger partial charge >= 0.3 is 12.1 Å². The van der Waals surface area contributed by atoms with Crippen LogP contribution in [0.1, 0.15) is 192 Å². The van der Waals surface area contributed by atoms with Crippen LogP contribution in [0.5, 0.6) is 5.75 Å². The normalized spacial score (nSPS) is 16.1. The van der Waals surface area contributed by atoms with Crippen molar-refractivity contribution in [2.24, 2.45) is 23.7 Å². The smallest absolute Gasteiger partial charge is 0.408 e. The largest absolute Gasteiger partial charge is 0.487 e. The number of fused-ring (bicyclic) bond motifs is 1. The van der Waals surface area contributed by atoms with Crippen LogP contribution in [0.2, 0.25) is 0 Å². The number of methoxy groups -OCH3 is 1. The zero-order valence-electron chi connectivity index (χ0n) is 60.8. The Balaban J connectivity index is 2.55. The van der Waals surface area contributed by atoms with Crippen LogP contribution in [0.3, 0.4) is 0 Å². The molecule has 28 heteroatoms. The van der Waals surface area contributed by atoms with E-state index in [2.05, 4.69) is 59.2 Å². The lowest BCUT2D eigenvalue weighted by atomic mass is 9.88. The van der Waals surface area contributed by atoms with Gasteiger partial charge in [-0.3, -0.25) is 38.3 Å². The molecule has 0 aromatic heterocycles. The van der Waals surface area contributed by atoms with Crippen LogP contribution in [0.25, 0.3) is 0 Å². The van der Waals surface area contributed by atoms with Crippen molar-refractivity contribution >= 4 is 63.4 Å². The van der Waals surface area contributed by atoms with Gasteiger partial charge in [-0.2, -0.15) is 0 Å². The molecular weight excluding hydrogens is 1250 g/mol. The zero-order valence-corrected chi connectivity index (χ0v) is 61.6. The Labute approximate surface area is 564 Å². The fourth-order valence-electron chi connectivity index (χ4n) is 10.1. The molecule has 0 fully saturated rings. The second kappa shape index (κ2) is 36.5. The van der Waals surface area contributed by atoms with Gasteiger partial charge in [0, 0.05) is 6.54 Å². The summed E-state index contributed by atoms with van der Waals surface area (Å²) in [4.78, 5) is 125. The van der Waals surface area contributed by atoms with Gasteiger partial charge in [0.1, 0.15) is 59.0 Å². The van der Waals surface area contributed by atoms with Gasteiger partial charge in [-0.25, -0.2) is 18.0 Å². The van der Waals surface area contributed by atoms with Gasteiger partial charge in [0.25, 0.3) is 10.0 Å². The minimum atomic E-state index is -4.22. The number of esters is 1. The van der Waals surface area contributed by atoms with Crippen LogP contribution in [0.4, 0.5) is 4.79 Å². The summed E-state index contributed by atoms with van der Waals surface area (Å²) in [7, 11) is -3.07. The number of alkyl carbamates (subject to hydrolysis) is 1. The van der Waals surface area contributed by atoms with Crippen molar-refractivity contribution in [1.82, 2.24) is 52.6 Å². The van der Waals surface area contributed by atoms with E-state index in [4.69, 9.17) is 23.7 Å². The van der Waals surface area contributed by atoms with Crippen molar-refractivity contribution in [3.8, 4) is 5.75 Å². The summed E-state index contributed by atoms with van der Waals surface area (Å²) in [6, 6.07) is -9.61. The van der Waals surface area contributed by atoms with E-state index >= 15 is 0 Å². The Bertz CT molecular complexity index is 2950. The lowest BCUT2D eigenvalue weighted by Crippen LogP contribution is -2.61. The predicted molar refractivity (Wildman–Crippen MR) is 361 cm³/mol. The molecule has 11 N–H and O–H groups in total. The van der Waals surface area contributed by atoms with Crippen LogP contribution in [0.15, 0.2) is 17.3 Å². The highest BCUT2D eigenvalue weighted by atomic mass is 32.2. The van der Waals surface area contributed by atoms with Crippen molar-refractivity contribution in [1.29, 1.82) is 0 Å². The maximum atomic E-state index is 14.9. The maximum Gasteiger partial charge on any atom is 0.408 e. The van der Waals surface area contributed by atoms with E-state index in [-0.39, 0.29) is 68.0 Å². The Hall–Kier alpha value is -6.78. The van der Waals surface area contributed by atoms with E-state index in [9.17, 15) is 56.7 Å². The Morgan fingerprint density at radius 3 is 1.62 bits per heavy atom. The van der Waals surface area contributed by atoms with Gasteiger partial charge in [0.2, 0.25) is 41.4 Å². The van der Waals surface area contributed by atoms with E-state index in [1.54, 1.807) is 132 Å². The molecule has 542 valence electrons. The summed E-state index contributed by atoms with van der Waals surface area (Å²) < 4.78 is 59.0. The molecule has 27 nitrogen and oxygen atoms in total. The molecular formula is C67H116N10O17S. The molecule has 0 radical (unpaired) electrons. The fourth-order valence-corrected chi connectivity index (χ4v) is 11.6. The minimum Gasteiger partial charge on any atom is -0.487 e. The first-order valence-corrected chi connectivity index (χ1v) is 34.4. The minimum absolute atomic E-state index is 0.00314. The molecule has 0 saturated heterocycles. The summed E-state index contributed by atoms with van der Waals surface area (Å²) in [6.07, 6.45) is -0.793. The van der Waals surface area contributed by atoms with Crippen LogP contribution in [0, 0.1) is 44.4 Å². The highest BCUT2D eigenvalue weighted by Crippen LogP contribution is 2.42. The predicted octanol–water partition coefficient (Wildman–Crippen LogP) is 4.71. The summed E-state index contributed by atoms with van der Waals surface area (Å²) in [5, 5.41) is 35.2. The first-order chi connectivity index (χ1) is 43.5. The number of benzene rings is 1. The molecule has 1 heterocycles. The fraction of sp³-hybridized carbons (Fsp3) is 0.746. The van der Waals surface area contributed by atoms with E-state index in [1.807, 2.05) is 20.8 Å². The van der Waals surface area contributed by atoms with Gasteiger partial charge in [-0.05, 0) is 181 Å². The lowest BCUT2D eigenvalue weighted by Gasteiger charge is -2.35. The van der Waals surface area contributed by atoms with E-state index in [0.29, 0.717) is 41.7 Å².